The van der Waals surface area contributed by atoms with E-state index in [0.29, 0.717) is 11.4 Å². The van der Waals surface area contributed by atoms with Crippen LogP contribution in [0.25, 0.3) is 17.0 Å². The number of hydrogen-bond donors (Lipinski definition) is 2. The van der Waals surface area contributed by atoms with Crippen molar-refractivity contribution in [3.05, 3.63) is 113 Å². The van der Waals surface area contributed by atoms with E-state index in [9.17, 15) is 37.9 Å². The molecule has 4 aromatic rings. The minimum atomic E-state index is -4.74. The average molecular weight is 794 g/mol. The number of anilines is 1. The van der Waals surface area contributed by atoms with E-state index in [1.165, 1.54) is 75.5 Å². The SMILES string of the molecule is CCC1CCC(C2CC=C(c3cnc(-c4ccc(CN(CC(=O)O)C(=O)c5ccc(NC(=O)Cc6ccc(OC)cc6C(F)(F)F)c(C#N)c5)cc4)nc3)CC2)CC1. The average Bonchev–Trinajstić information content (AvgIpc) is 3.23. The number of rotatable bonds is 13. The van der Waals surface area contributed by atoms with Crippen LogP contribution in [0.15, 0.2) is 79.1 Å². The van der Waals surface area contributed by atoms with Gasteiger partial charge in [0.25, 0.3) is 5.91 Å². The van der Waals surface area contributed by atoms with E-state index in [1.807, 2.05) is 18.5 Å². The van der Waals surface area contributed by atoms with Crippen molar-refractivity contribution in [1.29, 1.82) is 5.26 Å². The maximum absolute atomic E-state index is 13.7. The molecule has 3 aromatic carbocycles. The van der Waals surface area contributed by atoms with Crippen molar-refractivity contribution in [1.82, 2.24) is 14.9 Å². The first-order chi connectivity index (χ1) is 27.8. The number of methoxy groups -OCH3 is 1. The Morgan fingerprint density at radius 3 is 2.28 bits per heavy atom. The standard InChI is InChI=1S/C45H46F3N5O5/c1-3-28-4-8-30(9-5-28)31-12-14-32(15-13-31)37-24-50-43(51-25-37)33-10-6-29(7-11-33)26-53(27-42(55)56)44(57)35-17-19-40(36(20-35)23-49)52-41(54)21-34-16-18-38(58-2)22-39(34)45(46,47)48/h6-7,10-11,14,16-20,22,24-25,28,30-31H,3-5,8-9,12-13,15,21,26-27H2,1-2H3,(H,52,54)(H,55,56). The Hall–Kier alpha value is -6.03. The summed E-state index contributed by atoms with van der Waals surface area (Å²) >= 11 is 0. The fourth-order valence-electron chi connectivity index (χ4n) is 8.13. The fraction of sp³-hybridized carbons (Fsp3) is 0.378. The van der Waals surface area contributed by atoms with Gasteiger partial charge in [-0.2, -0.15) is 18.4 Å². The molecule has 0 bridgehead atoms. The van der Waals surface area contributed by atoms with E-state index in [2.05, 4.69) is 28.3 Å². The normalized spacial score (nSPS) is 18.1. The van der Waals surface area contributed by atoms with Crippen molar-refractivity contribution < 1.29 is 37.4 Å². The van der Waals surface area contributed by atoms with Gasteiger partial charge >= 0.3 is 12.1 Å². The van der Waals surface area contributed by atoms with Gasteiger partial charge in [-0.3, -0.25) is 14.4 Å². The molecule has 1 fully saturated rings. The molecule has 1 saturated carbocycles. The molecule has 6 rings (SSSR count). The molecule has 13 heteroatoms. The van der Waals surface area contributed by atoms with Gasteiger partial charge in [-0.05, 0) is 96.9 Å². The molecular weight excluding hydrogens is 748 g/mol. The minimum absolute atomic E-state index is 0.0156. The lowest BCUT2D eigenvalue weighted by Crippen LogP contribution is -2.35. The summed E-state index contributed by atoms with van der Waals surface area (Å²) in [4.78, 5) is 48.6. The zero-order valence-electron chi connectivity index (χ0n) is 32.5. The number of aromatic nitrogens is 2. The van der Waals surface area contributed by atoms with Crippen molar-refractivity contribution >= 4 is 29.0 Å². The van der Waals surface area contributed by atoms with Gasteiger partial charge in [0, 0.05) is 35.6 Å². The molecule has 1 atom stereocenters. The lowest BCUT2D eigenvalue weighted by atomic mass is 9.71. The zero-order valence-corrected chi connectivity index (χ0v) is 32.5. The summed E-state index contributed by atoms with van der Waals surface area (Å²) in [6.45, 7) is 1.60. The number of ether oxygens (including phenoxy) is 1. The number of hydrogen-bond acceptors (Lipinski definition) is 7. The molecule has 10 nitrogen and oxygen atoms in total. The molecular formula is C45H46F3N5O5. The summed E-state index contributed by atoms with van der Waals surface area (Å²) in [7, 11) is 1.23. The topological polar surface area (TPSA) is 146 Å². The highest BCUT2D eigenvalue weighted by Gasteiger charge is 2.34. The van der Waals surface area contributed by atoms with E-state index in [4.69, 9.17) is 4.74 Å². The Labute approximate surface area is 335 Å². The summed E-state index contributed by atoms with van der Waals surface area (Å²) in [6.07, 6.45) is 10.8. The number of aliphatic carboxylic acids is 1. The maximum atomic E-state index is 13.7. The first-order valence-corrected chi connectivity index (χ1v) is 19.5. The Kier molecular flexibility index (Phi) is 13.3. The predicted octanol–water partition coefficient (Wildman–Crippen LogP) is 9.35. The number of carboxylic acid groups (broad SMARTS) is 1. The molecule has 0 radical (unpaired) electrons. The highest BCUT2D eigenvalue weighted by atomic mass is 19.4. The van der Waals surface area contributed by atoms with E-state index in [0.717, 1.165) is 58.8 Å². The largest absolute Gasteiger partial charge is 0.497 e. The van der Waals surface area contributed by atoms with Crippen molar-refractivity contribution in [2.45, 2.75) is 77.4 Å². The Balaban J connectivity index is 1.08. The molecule has 0 spiro atoms. The van der Waals surface area contributed by atoms with Crippen LogP contribution in [0.3, 0.4) is 0 Å². The van der Waals surface area contributed by atoms with Gasteiger partial charge in [0.2, 0.25) is 5.91 Å². The van der Waals surface area contributed by atoms with Crippen LogP contribution in [0.1, 0.15) is 96.5 Å². The van der Waals surface area contributed by atoms with Gasteiger partial charge in [-0.15, -0.1) is 0 Å². The van der Waals surface area contributed by atoms with Crippen molar-refractivity contribution in [3.8, 4) is 23.2 Å². The third-order valence-corrected chi connectivity index (χ3v) is 11.4. The van der Waals surface area contributed by atoms with Crippen LogP contribution in [-0.2, 0) is 28.7 Å². The number of nitriles is 1. The number of carboxylic acids is 1. The monoisotopic (exact) mass is 793 g/mol. The molecule has 302 valence electrons. The summed E-state index contributed by atoms with van der Waals surface area (Å²) in [5.74, 6) is 0.269. The second kappa shape index (κ2) is 18.5. The lowest BCUT2D eigenvalue weighted by Gasteiger charge is -2.35. The molecule has 2 aliphatic rings. The number of carbonyl (C=O) groups is 3. The number of carbonyl (C=O) groups excluding carboxylic acids is 2. The smallest absolute Gasteiger partial charge is 0.416 e. The molecule has 2 aliphatic carbocycles. The summed E-state index contributed by atoms with van der Waals surface area (Å²) in [5, 5.41) is 21.9. The fourth-order valence-corrected chi connectivity index (χ4v) is 8.13. The van der Waals surface area contributed by atoms with Crippen LogP contribution >= 0.6 is 0 Å². The summed E-state index contributed by atoms with van der Waals surface area (Å²) in [6, 6.07) is 16.1. The molecule has 0 aliphatic heterocycles. The third-order valence-electron chi connectivity index (χ3n) is 11.4. The minimum Gasteiger partial charge on any atom is -0.497 e. The number of benzene rings is 3. The van der Waals surface area contributed by atoms with E-state index >= 15 is 0 Å². The van der Waals surface area contributed by atoms with Crippen LogP contribution in [0.5, 0.6) is 5.75 Å². The van der Waals surface area contributed by atoms with Crippen molar-refractivity contribution in [2.24, 2.45) is 17.8 Å². The quantitative estimate of drug-likeness (QED) is 0.136. The zero-order chi connectivity index (χ0) is 41.4. The van der Waals surface area contributed by atoms with E-state index in [1.54, 1.807) is 24.3 Å². The maximum Gasteiger partial charge on any atom is 0.416 e. The second-order valence-corrected chi connectivity index (χ2v) is 15.1. The van der Waals surface area contributed by atoms with Crippen molar-refractivity contribution in [2.75, 3.05) is 19.0 Å². The van der Waals surface area contributed by atoms with Crippen LogP contribution in [0.4, 0.5) is 18.9 Å². The third kappa shape index (κ3) is 10.3. The highest BCUT2D eigenvalue weighted by molar-refractivity contribution is 5.98. The van der Waals surface area contributed by atoms with Gasteiger partial charge in [-0.1, -0.05) is 62.6 Å². The van der Waals surface area contributed by atoms with Gasteiger partial charge in [-0.25, -0.2) is 9.97 Å². The predicted molar refractivity (Wildman–Crippen MR) is 212 cm³/mol. The van der Waals surface area contributed by atoms with E-state index < -0.39 is 42.5 Å². The summed E-state index contributed by atoms with van der Waals surface area (Å²) < 4.78 is 45.9. The number of allylic oxidation sites excluding steroid dienone is 2. The number of alkyl halides is 3. The van der Waals surface area contributed by atoms with Crippen molar-refractivity contribution in [3.63, 3.8) is 0 Å². The summed E-state index contributed by atoms with van der Waals surface area (Å²) in [5.41, 5.74) is 2.22. The van der Waals surface area contributed by atoms with Crippen LogP contribution in [0.2, 0.25) is 0 Å². The first kappa shape index (κ1) is 41.6. The molecule has 1 aromatic heterocycles. The molecule has 2 N–H and O–H groups in total. The number of nitrogens with one attached hydrogen (secondary N) is 1. The highest BCUT2D eigenvalue weighted by Crippen LogP contribution is 2.42. The Morgan fingerprint density at radius 2 is 1.67 bits per heavy atom. The van der Waals surface area contributed by atoms with Crippen LogP contribution in [-0.4, -0.2) is 51.4 Å². The molecule has 1 unspecified atom stereocenters. The molecule has 58 heavy (non-hydrogen) atoms. The Bertz CT molecular complexity index is 2190. The molecule has 1 heterocycles. The van der Waals surface area contributed by atoms with Gasteiger partial charge < -0.3 is 20.1 Å². The molecule has 0 saturated heterocycles. The van der Waals surface area contributed by atoms with Gasteiger partial charge in [0.05, 0.1) is 30.3 Å². The first-order valence-electron chi connectivity index (χ1n) is 19.5. The molecule has 2 amide bonds. The number of nitrogens with zero attached hydrogens (tertiary/aromatic N) is 4. The van der Waals surface area contributed by atoms with Crippen LogP contribution in [0, 0.1) is 29.1 Å². The Morgan fingerprint density at radius 1 is 0.948 bits per heavy atom. The second-order valence-electron chi connectivity index (χ2n) is 15.1. The van der Waals surface area contributed by atoms with E-state index in [-0.39, 0.29) is 34.7 Å². The van der Waals surface area contributed by atoms with Crippen LogP contribution < -0.4 is 10.1 Å². The lowest BCUT2D eigenvalue weighted by molar-refractivity contribution is -0.139. The number of halogens is 3. The van der Waals surface area contributed by atoms with Gasteiger partial charge in [0.1, 0.15) is 18.4 Å². The van der Waals surface area contributed by atoms with Gasteiger partial charge in [0.15, 0.2) is 5.82 Å². The number of amides is 2.